The van der Waals surface area contributed by atoms with Crippen LogP contribution in [0.25, 0.3) is 0 Å². The van der Waals surface area contributed by atoms with E-state index in [1.165, 1.54) is 20.4 Å². The lowest BCUT2D eigenvalue weighted by molar-refractivity contribution is 0.0921. The second kappa shape index (κ2) is 6.73. The van der Waals surface area contributed by atoms with Crippen molar-refractivity contribution in [3.63, 3.8) is 0 Å². The summed E-state index contributed by atoms with van der Waals surface area (Å²) in [4.78, 5) is 16.0. The summed E-state index contributed by atoms with van der Waals surface area (Å²) in [5.41, 5.74) is 5.48. The number of carbonyl (C=O) groups is 1. The smallest absolute Gasteiger partial charge is 0.273 e. The molecule has 2 atom stereocenters. The van der Waals surface area contributed by atoms with Crippen LogP contribution in [0.15, 0.2) is 10.7 Å². The van der Waals surface area contributed by atoms with Crippen molar-refractivity contribution in [2.45, 2.75) is 12.6 Å². The SMILES string of the molecule is CN(C)S(=O)(=O)C[C@@H]1COC[C@@H]1NC(=O)c1coc(CN)n1. The molecule has 3 N–H and O–H groups in total. The Hall–Kier alpha value is -1.49. The van der Waals surface area contributed by atoms with Crippen molar-refractivity contribution >= 4 is 15.9 Å². The second-order valence-corrected chi connectivity index (χ2v) is 7.50. The Balaban J connectivity index is 2.00. The summed E-state index contributed by atoms with van der Waals surface area (Å²) in [5.74, 6) is -0.569. The Bertz CT molecular complexity index is 627. The molecule has 0 aromatic carbocycles. The van der Waals surface area contributed by atoms with Gasteiger partial charge < -0.3 is 20.2 Å². The van der Waals surface area contributed by atoms with E-state index in [1.54, 1.807) is 0 Å². The van der Waals surface area contributed by atoms with E-state index in [4.69, 9.17) is 14.9 Å². The van der Waals surface area contributed by atoms with Gasteiger partial charge in [0, 0.05) is 20.0 Å². The van der Waals surface area contributed by atoms with Crippen molar-refractivity contribution in [1.29, 1.82) is 0 Å². The minimum Gasteiger partial charge on any atom is -0.447 e. The summed E-state index contributed by atoms with van der Waals surface area (Å²) < 4.78 is 35.4. The number of nitrogens with one attached hydrogen (secondary N) is 1. The van der Waals surface area contributed by atoms with Crippen molar-refractivity contribution in [2.24, 2.45) is 11.7 Å². The molecule has 0 saturated carbocycles. The molecule has 1 amide bonds. The molecule has 1 saturated heterocycles. The maximum Gasteiger partial charge on any atom is 0.273 e. The van der Waals surface area contributed by atoms with Gasteiger partial charge in [-0.3, -0.25) is 4.79 Å². The third-order valence-corrected chi connectivity index (χ3v) is 5.42. The highest BCUT2D eigenvalue weighted by molar-refractivity contribution is 7.89. The van der Waals surface area contributed by atoms with E-state index in [0.29, 0.717) is 0 Å². The molecule has 0 bridgehead atoms. The highest BCUT2D eigenvalue weighted by Gasteiger charge is 2.34. The monoisotopic (exact) mass is 332 g/mol. The van der Waals surface area contributed by atoms with Gasteiger partial charge in [-0.15, -0.1) is 0 Å². The number of oxazole rings is 1. The first-order valence-electron chi connectivity index (χ1n) is 6.76. The summed E-state index contributed by atoms with van der Waals surface area (Å²) >= 11 is 0. The van der Waals surface area contributed by atoms with Gasteiger partial charge in [0.1, 0.15) is 6.26 Å². The van der Waals surface area contributed by atoms with Gasteiger partial charge >= 0.3 is 0 Å². The van der Waals surface area contributed by atoms with Crippen LogP contribution in [0, 0.1) is 5.92 Å². The second-order valence-electron chi connectivity index (χ2n) is 5.27. The number of hydrogen-bond acceptors (Lipinski definition) is 7. The third-order valence-electron chi connectivity index (χ3n) is 3.45. The Morgan fingerprint density at radius 2 is 2.23 bits per heavy atom. The minimum atomic E-state index is -3.36. The van der Waals surface area contributed by atoms with Crippen molar-refractivity contribution in [1.82, 2.24) is 14.6 Å². The molecule has 1 aromatic heterocycles. The fourth-order valence-corrected chi connectivity index (χ4v) is 3.26. The van der Waals surface area contributed by atoms with E-state index in [0.717, 1.165) is 4.31 Å². The van der Waals surface area contributed by atoms with Crippen LogP contribution in [0.4, 0.5) is 0 Å². The van der Waals surface area contributed by atoms with Gasteiger partial charge in [-0.2, -0.15) is 0 Å². The van der Waals surface area contributed by atoms with Gasteiger partial charge in [-0.05, 0) is 0 Å². The van der Waals surface area contributed by atoms with Gasteiger partial charge in [0.2, 0.25) is 15.9 Å². The molecule has 1 aliphatic heterocycles. The molecule has 1 aromatic rings. The Morgan fingerprint density at radius 3 is 2.82 bits per heavy atom. The van der Waals surface area contributed by atoms with Crippen LogP contribution < -0.4 is 11.1 Å². The highest BCUT2D eigenvalue weighted by Crippen LogP contribution is 2.17. The van der Waals surface area contributed by atoms with Crippen molar-refractivity contribution in [3.05, 3.63) is 17.8 Å². The molecule has 0 unspecified atom stereocenters. The fraction of sp³-hybridized carbons (Fsp3) is 0.667. The number of hydrogen-bond donors (Lipinski definition) is 2. The number of nitrogens with two attached hydrogens (primary N) is 1. The molecular weight excluding hydrogens is 312 g/mol. The van der Waals surface area contributed by atoms with E-state index in [1.807, 2.05) is 0 Å². The molecule has 0 spiro atoms. The van der Waals surface area contributed by atoms with Gasteiger partial charge in [-0.25, -0.2) is 17.7 Å². The average molecular weight is 332 g/mol. The maximum absolute atomic E-state index is 12.1. The standard InChI is InChI=1S/C12H20N4O5S/c1-16(2)22(18,19)7-8-4-20-5-9(8)15-12(17)10-6-21-11(3-13)14-10/h6,8-9H,3-5,7,13H2,1-2H3,(H,15,17)/t8-,9-/m0/s1. The lowest BCUT2D eigenvalue weighted by Gasteiger charge is -2.20. The molecule has 124 valence electrons. The number of aromatic nitrogens is 1. The molecule has 2 rings (SSSR count). The number of rotatable bonds is 6. The third kappa shape index (κ3) is 3.83. The normalized spacial score (nSPS) is 22.2. The zero-order chi connectivity index (χ0) is 16.3. The number of amides is 1. The number of sulfonamides is 1. The summed E-state index contributed by atoms with van der Waals surface area (Å²) in [5, 5.41) is 2.73. The van der Waals surface area contributed by atoms with Crippen molar-refractivity contribution in [2.75, 3.05) is 33.1 Å². The van der Waals surface area contributed by atoms with Crippen molar-refractivity contribution < 1.29 is 22.4 Å². The average Bonchev–Trinajstić information content (AvgIpc) is 3.08. The number of nitrogens with zero attached hydrogens (tertiary/aromatic N) is 2. The molecule has 0 radical (unpaired) electrons. The van der Waals surface area contributed by atoms with Crippen LogP contribution >= 0.6 is 0 Å². The minimum absolute atomic E-state index is 0.0855. The molecule has 1 fully saturated rings. The molecule has 22 heavy (non-hydrogen) atoms. The lowest BCUT2D eigenvalue weighted by Crippen LogP contribution is -2.43. The van der Waals surface area contributed by atoms with Gasteiger partial charge in [0.25, 0.3) is 5.91 Å². The molecule has 0 aliphatic carbocycles. The molecule has 10 heteroatoms. The van der Waals surface area contributed by atoms with Gasteiger partial charge in [0.15, 0.2) is 5.69 Å². The van der Waals surface area contributed by atoms with E-state index in [9.17, 15) is 13.2 Å². The first-order valence-corrected chi connectivity index (χ1v) is 8.37. The first-order chi connectivity index (χ1) is 10.3. The van der Waals surface area contributed by atoms with Crippen LogP contribution in [0.2, 0.25) is 0 Å². The Labute approximate surface area is 128 Å². The Morgan fingerprint density at radius 1 is 1.50 bits per heavy atom. The quantitative estimate of drug-likeness (QED) is 0.667. The Kier molecular flexibility index (Phi) is 5.16. The fourth-order valence-electron chi connectivity index (χ4n) is 2.09. The summed E-state index contributed by atoms with van der Waals surface area (Å²) in [6.07, 6.45) is 1.22. The molecule has 1 aliphatic rings. The zero-order valence-corrected chi connectivity index (χ0v) is 13.3. The number of carbonyl (C=O) groups excluding carboxylic acids is 1. The van der Waals surface area contributed by atoms with Crippen molar-refractivity contribution in [3.8, 4) is 0 Å². The van der Waals surface area contributed by atoms with Gasteiger partial charge in [0.05, 0.1) is 31.6 Å². The molecule has 2 heterocycles. The van der Waals surface area contributed by atoms with E-state index in [2.05, 4.69) is 10.3 Å². The first kappa shape index (κ1) is 16.9. The zero-order valence-electron chi connectivity index (χ0n) is 12.5. The van der Waals surface area contributed by atoms with Crippen LogP contribution in [0.5, 0.6) is 0 Å². The highest BCUT2D eigenvalue weighted by atomic mass is 32.2. The van der Waals surface area contributed by atoms with Crippen LogP contribution in [-0.4, -0.2) is 62.7 Å². The predicted octanol–water partition coefficient (Wildman–Crippen LogP) is -1.23. The van der Waals surface area contributed by atoms with Crippen LogP contribution in [0.1, 0.15) is 16.4 Å². The largest absolute Gasteiger partial charge is 0.447 e. The van der Waals surface area contributed by atoms with E-state index >= 15 is 0 Å². The summed E-state index contributed by atoms with van der Waals surface area (Å²) in [7, 11) is -0.414. The van der Waals surface area contributed by atoms with Crippen LogP contribution in [-0.2, 0) is 21.3 Å². The van der Waals surface area contributed by atoms with Gasteiger partial charge in [-0.1, -0.05) is 0 Å². The molecular formula is C12H20N4O5S. The molecule has 9 nitrogen and oxygen atoms in total. The summed E-state index contributed by atoms with van der Waals surface area (Å²) in [6, 6.07) is -0.389. The summed E-state index contributed by atoms with van der Waals surface area (Å²) in [6.45, 7) is 0.648. The maximum atomic E-state index is 12.1. The predicted molar refractivity (Wildman–Crippen MR) is 77.4 cm³/mol. The van der Waals surface area contributed by atoms with Crippen LogP contribution in [0.3, 0.4) is 0 Å². The topological polar surface area (TPSA) is 128 Å². The van der Waals surface area contributed by atoms with E-state index < -0.39 is 15.9 Å². The number of ether oxygens (including phenoxy) is 1. The lowest BCUT2D eigenvalue weighted by atomic mass is 10.1. The van der Waals surface area contributed by atoms with E-state index in [-0.39, 0.29) is 49.1 Å².